The summed E-state index contributed by atoms with van der Waals surface area (Å²) in [4.78, 5) is 54.0. The molecular formula is C26H36ClN5O5. The second kappa shape index (κ2) is 10.6. The van der Waals surface area contributed by atoms with Crippen molar-refractivity contribution in [1.82, 2.24) is 20.9 Å². The molecule has 1 aromatic heterocycles. The molecule has 1 fully saturated rings. The predicted molar refractivity (Wildman–Crippen MR) is 141 cm³/mol. The Kier molecular flexibility index (Phi) is 8.12. The van der Waals surface area contributed by atoms with Crippen molar-refractivity contribution in [3.63, 3.8) is 0 Å². The van der Waals surface area contributed by atoms with Crippen LogP contribution in [0.25, 0.3) is 10.9 Å². The topological polar surface area (TPSA) is 155 Å². The maximum absolute atomic E-state index is 13.3. The van der Waals surface area contributed by atoms with E-state index in [2.05, 4.69) is 20.9 Å². The molecule has 1 saturated heterocycles. The van der Waals surface area contributed by atoms with E-state index in [1.165, 1.54) is 7.11 Å². The standard InChI is InChI=1S/C26H36ClN5O5/c1-25(2,3)12-19(24(36)30-17(21(28)33)9-14-11-26(4,5)32-22(14)34)31-23(35)18-8-13-7-15(37-6)10-16(27)20(13)29-18/h7-8,10,14,17,19,29H,9,11-12H2,1-6H3,(H2,28,33)(H,30,36)(H,31,35)(H,32,34)/t14-,17?,19?/m1/s1. The van der Waals surface area contributed by atoms with Gasteiger partial charge in [-0.05, 0) is 50.7 Å². The first-order valence-corrected chi connectivity index (χ1v) is 12.6. The first-order chi connectivity index (χ1) is 17.1. The van der Waals surface area contributed by atoms with Gasteiger partial charge in [-0.15, -0.1) is 0 Å². The van der Waals surface area contributed by atoms with Crippen LogP contribution in [-0.2, 0) is 14.4 Å². The highest BCUT2D eigenvalue weighted by molar-refractivity contribution is 6.35. The van der Waals surface area contributed by atoms with Crippen LogP contribution in [0.15, 0.2) is 18.2 Å². The van der Waals surface area contributed by atoms with Gasteiger partial charge >= 0.3 is 0 Å². The smallest absolute Gasteiger partial charge is 0.268 e. The molecule has 1 aliphatic heterocycles. The summed E-state index contributed by atoms with van der Waals surface area (Å²) in [6, 6.07) is 2.98. The molecule has 0 radical (unpaired) electrons. The lowest BCUT2D eigenvalue weighted by Crippen LogP contribution is -2.54. The Balaban J connectivity index is 1.79. The van der Waals surface area contributed by atoms with E-state index >= 15 is 0 Å². The average Bonchev–Trinajstić information content (AvgIpc) is 3.31. The molecular weight excluding hydrogens is 498 g/mol. The van der Waals surface area contributed by atoms with E-state index in [1.807, 2.05) is 34.6 Å². The van der Waals surface area contributed by atoms with Gasteiger partial charge in [-0.3, -0.25) is 19.2 Å². The number of rotatable bonds is 9. The second-order valence-electron chi connectivity index (χ2n) is 11.5. The van der Waals surface area contributed by atoms with Crippen LogP contribution in [0.5, 0.6) is 5.75 Å². The van der Waals surface area contributed by atoms with Gasteiger partial charge in [0.05, 0.1) is 17.6 Å². The molecule has 37 heavy (non-hydrogen) atoms. The number of nitrogens with two attached hydrogens (primary N) is 1. The molecule has 2 heterocycles. The number of carbonyl (C=O) groups is 4. The summed E-state index contributed by atoms with van der Waals surface area (Å²) in [5, 5.41) is 9.38. The Hall–Kier alpha value is -3.27. The molecule has 0 spiro atoms. The fourth-order valence-corrected chi connectivity index (χ4v) is 4.92. The molecule has 3 atom stereocenters. The van der Waals surface area contributed by atoms with Gasteiger partial charge in [-0.25, -0.2) is 0 Å². The predicted octanol–water partition coefficient (Wildman–Crippen LogP) is 2.64. The monoisotopic (exact) mass is 533 g/mol. The van der Waals surface area contributed by atoms with Crippen molar-refractivity contribution in [1.29, 1.82) is 0 Å². The van der Waals surface area contributed by atoms with Crippen LogP contribution >= 0.6 is 11.6 Å². The Morgan fingerprint density at radius 3 is 2.41 bits per heavy atom. The minimum absolute atomic E-state index is 0.0782. The number of methoxy groups -OCH3 is 1. The summed E-state index contributed by atoms with van der Waals surface area (Å²) in [5.41, 5.74) is 5.63. The zero-order valence-electron chi connectivity index (χ0n) is 22.1. The van der Waals surface area contributed by atoms with Gasteiger partial charge in [0.1, 0.15) is 23.5 Å². The van der Waals surface area contributed by atoms with Gasteiger partial charge in [0.25, 0.3) is 5.91 Å². The number of halogens is 1. The van der Waals surface area contributed by atoms with Crippen LogP contribution in [0.1, 0.15) is 64.4 Å². The Morgan fingerprint density at radius 1 is 1.19 bits per heavy atom. The van der Waals surface area contributed by atoms with E-state index in [0.29, 0.717) is 34.5 Å². The number of fused-ring (bicyclic) bond motifs is 1. The maximum Gasteiger partial charge on any atom is 0.268 e. The van der Waals surface area contributed by atoms with Crippen molar-refractivity contribution < 1.29 is 23.9 Å². The summed E-state index contributed by atoms with van der Waals surface area (Å²) < 4.78 is 5.23. The average molecular weight is 534 g/mol. The first kappa shape index (κ1) is 28.3. The summed E-state index contributed by atoms with van der Waals surface area (Å²) in [5.74, 6) is -1.91. The van der Waals surface area contributed by atoms with Gasteiger partial charge in [-0.1, -0.05) is 32.4 Å². The third-order valence-electron chi connectivity index (χ3n) is 6.34. The van der Waals surface area contributed by atoms with Gasteiger partial charge in [0, 0.05) is 22.9 Å². The highest BCUT2D eigenvalue weighted by atomic mass is 35.5. The zero-order chi connectivity index (χ0) is 27.7. The molecule has 10 nitrogen and oxygen atoms in total. The minimum Gasteiger partial charge on any atom is -0.497 e. The molecule has 3 rings (SSSR count). The van der Waals surface area contributed by atoms with Gasteiger partial charge in [0.2, 0.25) is 17.7 Å². The van der Waals surface area contributed by atoms with E-state index in [4.69, 9.17) is 22.1 Å². The number of nitrogens with one attached hydrogen (secondary N) is 4. The highest BCUT2D eigenvalue weighted by Crippen LogP contribution is 2.30. The molecule has 202 valence electrons. The van der Waals surface area contributed by atoms with Crippen LogP contribution in [-0.4, -0.2) is 53.3 Å². The summed E-state index contributed by atoms with van der Waals surface area (Å²) in [6.07, 6.45) is 0.887. The fourth-order valence-electron chi connectivity index (χ4n) is 4.66. The quantitative estimate of drug-likeness (QED) is 0.335. The molecule has 1 aliphatic rings. The third kappa shape index (κ3) is 7.15. The van der Waals surface area contributed by atoms with Crippen molar-refractivity contribution in [3.05, 3.63) is 28.9 Å². The van der Waals surface area contributed by atoms with Crippen molar-refractivity contribution in [2.75, 3.05) is 7.11 Å². The fraction of sp³-hybridized carbons (Fsp3) is 0.538. The van der Waals surface area contributed by atoms with E-state index in [9.17, 15) is 19.2 Å². The number of ether oxygens (including phenoxy) is 1. The maximum atomic E-state index is 13.3. The lowest BCUT2D eigenvalue weighted by Gasteiger charge is -2.28. The van der Waals surface area contributed by atoms with E-state index in [1.54, 1.807) is 18.2 Å². The summed E-state index contributed by atoms with van der Waals surface area (Å²) in [7, 11) is 1.52. The largest absolute Gasteiger partial charge is 0.497 e. The Bertz CT molecular complexity index is 1220. The summed E-state index contributed by atoms with van der Waals surface area (Å²) >= 11 is 6.31. The van der Waals surface area contributed by atoms with Crippen LogP contribution in [0.3, 0.4) is 0 Å². The molecule has 6 N–H and O–H groups in total. The lowest BCUT2D eigenvalue weighted by atomic mass is 9.87. The molecule has 1 aromatic carbocycles. The van der Waals surface area contributed by atoms with Crippen LogP contribution in [0.4, 0.5) is 0 Å². The number of primary amides is 1. The van der Waals surface area contributed by atoms with Crippen molar-refractivity contribution >= 4 is 46.1 Å². The van der Waals surface area contributed by atoms with E-state index in [0.717, 1.165) is 0 Å². The van der Waals surface area contributed by atoms with Gasteiger partial charge in [-0.2, -0.15) is 0 Å². The second-order valence-corrected chi connectivity index (χ2v) is 11.9. The number of hydrogen-bond acceptors (Lipinski definition) is 5. The molecule has 4 amide bonds. The Labute approximate surface area is 221 Å². The van der Waals surface area contributed by atoms with Gasteiger partial charge in [0.15, 0.2) is 0 Å². The highest BCUT2D eigenvalue weighted by Gasteiger charge is 2.40. The normalized spacial score (nSPS) is 18.7. The van der Waals surface area contributed by atoms with Crippen molar-refractivity contribution in [3.8, 4) is 5.75 Å². The number of hydrogen-bond donors (Lipinski definition) is 5. The lowest BCUT2D eigenvalue weighted by molar-refractivity contribution is -0.130. The molecule has 0 bridgehead atoms. The van der Waals surface area contributed by atoms with E-state index in [-0.39, 0.29) is 23.4 Å². The number of carbonyl (C=O) groups excluding carboxylic acids is 4. The number of H-pyrrole nitrogens is 1. The number of benzene rings is 1. The minimum atomic E-state index is -1.06. The molecule has 2 unspecified atom stereocenters. The SMILES string of the molecule is COc1cc(Cl)c2[nH]c(C(=O)NC(CC(C)(C)C)C(=O)NC(C[C@@H]3CC(C)(C)NC3=O)C(N)=O)cc2c1. The third-order valence-corrected chi connectivity index (χ3v) is 6.64. The van der Waals surface area contributed by atoms with Crippen LogP contribution in [0, 0.1) is 11.3 Å². The van der Waals surface area contributed by atoms with E-state index < -0.39 is 41.3 Å². The number of aromatic amines is 1. The van der Waals surface area contributed by atoms with Crippen LogP contribution < -0.4 is 26.4 Å². The molecule has 0 saturated carbocycles. The molecule has 0 aliphatic carbocycles. The van der Waals surface area contributed by atoms with Crippen LogP contribution in [0.2, 0.25) is 5.02 Å². The Morgan fingerprint density at radius 2 is 1.86 bits per heavy atom. The molecule has 11 heteroatoms. The first-order valence-electron chi connectivity index (χ1n) is 12.2. The number of amides is 4. The number of aromatic nitrogens is 1. The van der Waals surface area contributed by atoms with Crippen molar-refractivity contribution in [2.24, 2.45) is 17.1 Å². The molecule has 2 aromatic rings. The summed E-state index contributed by atoms with van der Waals surface area (Å²) in [6.45, 7) is 9.59. The zero-order valence-corrected chi connectivity index (χ0v) is 22.8. The van der Waals surface area contributed by atoms with Crippen molar-refractivity contribution in [2.45, 2.75) is 71.5 Å². The van der Waals surface area contributed by atoms with Gasteiger partial charge < -0.3 is 31.4 Å².